The zero-order valence-corrected chi connectivity index (χ0v) is 13.9. The molecule has 1 rings (SSSR count). The van der Waals surface area contributed by atoms with E-state index in [0.717, 1.165) is 17.7 Å². The molecule has 0 saturated heterocycles. The predicted molar refractivity (Wildman–Crippen MR) is 86.1 cm³/mol. The van der Waals surface area contributed by atoms with E-state index >= 15 is 0 Å². The van der Waals surface area contributed by atoms with Crippen molar-refractivity contribution in [1.82, 2.24) is 0 Å². The Labute approximate surface area is 123 Å². The lowest BCUT2D eigenvalue weighted by Gasteiger charge is -2.17. The molecule has 1 aromatic rings. The Morgan fingerprint density at radius 2 is 1.90 bits per heavy atom. The van der Waals surface area contributed by atoms with Crippen LogP contribution in [0.5, 0.6) is 0 Å². The number of anilines is 1. The third-order valence-electron chi connectivity index (χ3n) is 3.53. The Hall–Kier alpha value is -1.03. The summed E-state index contributed by atoms with van der Waals surface area (Å²) >= 11 is 0. The van der Waals surface area contributed by atoms with E-state index < -0.39 is 9.84 Å². The molecular formula is C16H27NO2S. The number of sulfone groups is 1. The van der Waals surface area contributed by atoms with Crippen LogP contribution in [0, 0.1) is 6.92 Å². The average molecular weight is 297 g/mol. The first-order chi connectivity index (χ1) is 9.34. The number of nitrogens with one attached hydrogen (secondary N) is 1. The standard InChI is InChI=1S/C16H27NO2S/c1-5-6-7-8-9-14(3)17-16-12-15(20(4,18)19)11-10-13(16)2/h10-12,14,17H,5-9H2,1-4H3. The van der Waals surface area contributed by atoms with Crippen LogP contribution in [0.4, 0.5) is 5.69 Å². The van der Waals surface area contributed by atoms with E-state index in [1.165, 1.54) is 31.9 Å². The summed E-state index contributed by atoms with van der Waals surface area (Å²) in [4.78, 5) is 0.379. The van der Waals surface area contributed by atoms with Crippen molar-refractivity contribution in [2.45, 2.75) is 63.8 Å². The third-order valence-corrected chi connectivity index (χ3v) is 4.64. The summed E-state index contributed by atoms with van der Waals surface area (Å²) in [6.07, 6.45) is 7.38. The van der Waals surface area contributed by atoms with E-state index in [4.69, 9.17) is 0 Å². The molecule has 3 nitrogen and oxygen atoms in total. The molecule has 0 radical (unpaired) electrons. The number of hydrogen-bond donors (Lipinski definition) is 1. The Kier molecular flexibility index (Phi) is 6.53. The van der Waals surface area contributed by atoms with Crippen LogP contribution in [0.3, 0.4) is 0 Å². The normalized spacial score (nSPS) is 13.2. The van der Waals surface area contributed by atoms with Gasteiger partial charge in [0, 0.05) is 18.0 Å². The molecule has 0 heterocycles. The van der Waals surface area contributed by atoms with E-state index in [9.17, 15) is 8.42 Å². The molecule has 0 spiro atoms. The maximum atomic E-state index is 11.6. The van der Waals surface area contributed by atoms with Crippen LogP contribution in [0.15, 0.2) is 23.1 Å². The molecule has 0 aliphatic rings. The van der Waals surface area contributed by atoms with Crippen molar-refractivity contribution in [3.05, 3.63) is 23.8 Å². The van der Waals surface area contributed by atoms with Gasteiger partial charge in [-0.15, -0.1) is 0 Å². The number of benzene rings is 1. The molecule has 0 aliphatic heterocycles. The quantitative estimate of drug-likeness (QED) is 0.733. The van der Waals surface area contributed by atoms with Gasteiger partial charge in [-0.25, -0.2) is 8.42 Å². The summed E-state index contributed by atoms with van der Waals surface area (Å²) in [6, 6.07) is 5.64. The van der Waals surface area contributed by atoms with E-state index in [0.29, 0.717) is 10.9 Å². The zero-order valence-electron chi connectivity index (χ0n) is 13.1. The molecule has 0 aromatic heterocycles. The SMILES string of the molecule is CCCCCCC(C)Nc1cc(S(C)(=O)=O)ccc1C. The van der Waals surface area contributed by atoms with E-state index in [2.05, 4.69) is 19.2 Å². The summed E-state index contributed by atoms with van der Waals surface area (Å²) in [7, 11) is -3.14. The van der Waals surface area contributed by atoms with Crippen molar-refractivity contribution in [3.63, 3.8) is 0 Å². The number of hydrogen-bond acceptors (Lipinski definition) is 3. The summed E-state index contributed by atoms with van der Waals surface area (Å²) in [6.45, 7) is 6.36. The second-order valence-electron chi connectivity index (χ2n) is 5.64. The molecule has 0 fully saturated rings. The summed E-state index contributed by atoms with van der Waals surface area (Å²) in [5, 5.41) is 3.44. The van der Waals surface area contributed by atoms with Crippen LogP contribution < -0.4 is 5.32 Å². The van der Waals surface area contributed by atoms with Crippen LogP contribution in [0.2, 0.25) is 0 Å². The van der Waals surface area contributed by atoms with Gasteiger partial charge in [0.15, 0.2) is 9.84 Å². The second-order valence-corrected chi connectivity index (χ2v) is 7.66. The van der Waals surface area contributed by atoms with Gasteiger partial charge in [0.1, 0.15) is 0 Å². The van der Waals surface area contributed by atoms with Crippen LogP contribution in [-0.2, 0) is 9.84 Å². The molecule has 1 unspecified atom stereocenters. The Morgan fingerprint density at radius 3 is 2.50 bits per heavy atom. The lowest BCUT2D eigenvalue weighted by Crippen LogP contribution is -2.16. The molecule has 0 bridgehead atoms. The Balaban J connectivity index is 2.67. The van der Waals surface area contributed by atoms with Crippen LogP contribution in [0.25, 0.3) is 0 Å². The molecule has 0 amide bonds. The summed E-state index contributed by atoms with van der Waals surface area (Å²) < 4.78 is 23.2. The molecule has 1 aromatic carbocycles. The maximum Gasteiger partial charge on any atom is 0.175 e. The molecule has 0 aliphatic carbocycles. The topological polar surface area (TPSA) is 46.2 Å². The fraction of sp³-hybridized carbons (Fsp3) is 0.625. The monoisotopic (exact) mass is 297 g/mol. The van der Waals surface area contributed by atoms with Crippen molar-refractivity contribution in [2.24, 2.45) is 0 Å². The summed E-state index contributed by atoms with van der Waals surface area (Å²) in [5.41, 5.74) is 2.01. The predicted octanol–water partition coefficient (Wildman–Crippen LogP) is 4.17. The fourth-order valence-corrected chi connectivity index (χ4v) is 2.85. The van der Waals surface area contributed by atoms with E-state index in [1.807, 2.05) is 13.0 Å². The van der Waals surface area contributed by atoms with Gasteiger partial charge in [-0.3, -0.25) is 0 Å². The van der Waals surface area contributed by atoms with Crippen molar-refractivity contribution >= 4 is 15.5 Å². The lowest BCUT2D eigenvalue weighted by molar-refractivity contribution is 0.593. The average Bonchev–Trinajstić information content (AvgIpc) is 2.36. The van der Waals surface area contributed by atoms with Crippen molar-refractivity contribution in [2.75, 3.05) is 11.6 Å². The minimum atomic E-state index is -3.14. The number of unbranched alkanes of at least 4 members (excludes halogenated alkanes) is 3. The fourth-order valence-electron chi connectivity index (χ4n) is 2.20. The van der Waals surface area contributed by atoms with Gasteiger partial charge in [-0.2, -0.15) is 0 Å². The van der Waals surface area contributed by atoms with Gasteiger partial charge in [0.2, 0.25) is 0 Å². The number of rotatable bonds is 8. The Morgan fingerprint density at radius 1 is 1.20 bits per heavy atom. The first-order valence-electron chi connectivity index (χ1n) is 7.42. The van der Waals surface area contributed by atoms with Crippen LogP contribution in [0.1, 0.15) is 51.5 Å². The molecular weight excluding hydrogens is 270 g/mol. The van der Waals surface area contributed by atoms with Crippen molar-refractivity contribution in [3.8, 4) is 0 Å². The van der Waals surface area contributed by atoms with E-state index in [1.54, 1.807) is 12.1 Å². The highest BCUT2D eigenvalue weighted by atomic mass is 32.2. The summed E-state index contributed by atoms with van der Waals surface area (Å²) in [5.74, 6) is 0. The lowest BCUT2D eigenvalue weighted by atomic mass is 10.1. The van der Waals surface area contributed by atoms with E-state index in [-0.39, 0.29) is 0 Å². The van der Waals surface area contributed by atoms with Gasteiger partial charge in [-0.05, 0) is 38.0 Å². The third kappa shape index (κ3) is 5.53. The van der Waals surface area contributed by atoms with Crippen LogP contribution in [-0.4, -0.2) is 20.7 Å². The van der Waals surface area contributed by atoms with Crippen molar-refractivity contribution < 1.29 is 8.42 Å². The number of aryl methyl sites for hydroxylation is 1. The zero-order chi connectivity index (χ0) is 15.2. The molecule has 20 heavy (non-hydrogen) atoms. The van der Waals surface area contributed by atoms with Gasteiger partial charge in [0.25, 0.3) is 0 Å². The van der Waals surface area contributed by atoms with Gasteiger partial charge >= 0.3 is 0 Å². The van der Waals surface area contributed by atoms with Gasteiger partial charge in [0.05, 0.1) is 4.90 Å². The maximum absolute atomic E-state index is 11.6. The van der Waals surface area contributed by atoms with Crippen molar-refractivity contribution in [1.29, 1.82) is 0 Å². The van der Waals surface area contributed by atoms with Crippen LogP contribution >= 0.6 is 0 Å². The Bertz CT molecular complexity index is 523. The molecule has 1 N–H and O–H groups in total. The molecule has 0 saturated carbocycles. The minimum absolute atomic E-state index is 0.361. The van der Waals surface area contributed by atoms with Gasteiger partial charge in [-0.1, -0.05) is 38.7 Å². The first kappa shape index (κ1) is 17.0. The largest absolute Gasteiger partial charge is 0.382 e. The molecule has 1 atom stereocenters. The molecule has 4 heteroatoms. The highest BCUT2D eigenvalue weighted by Gasteiger charge is 2.10. The minimum Gasteiger partial charge on any atom is -0.382 e. The smallest absolute Gasteiger partial charge is 0.175 e. The first-order valence-corrected chi connectivity index (χ1v) is 9.31. The highest BCUT2D eigenvalue weighted by molar-refractivity contribution is 7.90. The highest BCUT2D eigenvalue weighted by Crippen LogP contribution is 2.22. The van der Waals surface area contributed by atoms with Gasteiger partial charge < -0.3 is 5.32 Å². The molecule has 114 valence electrons. The second kappa shape index (κ2) is 7.67.